The van der Waals surface area contributed by atoms with Crippen LogP contribution in [0.25, 0.3) is 11.8 Å². The fourth-order valence-corrected chi connectivity index (χ4v) is 3.19. The van der Waals surface area contributed by atoms with Crippen LogP contribution in [0.1, 0.15) is 37.5 Å². The predicted molar refractivity (Wildman–Crippen MR) is 115 cm³/mol. The number of nitrogens with zero attached hydrogens (tertiary/aromatic N) is 1. The molecule has 1 aliphatic rings. The third-order valence-corrected chi connectivity index (χ3v) is 4.75. The number of anilines is 1. The minimum absolute atomic E-state index is 0.407. The summed E-state index contributed by atoms with van der Waals surface area (Å²) in [6.07, 6.45) is 3.40. The van der Waals surface area contributed by atoms with E-state index in [1.54, 1.807) is 12.2 Å². The lowest BCUT2D eigenvalue weighted by atomic mass is 10.1. The highest BCUT2D eigenvalue weighted by Crippen LogP contribution is 2.32. The zero-order valence-corrected chi connectivity index (χ0v) is 17.2. The minimum Gasteiger partial charge on any atom is -0.426 e. The molecule has 29 heavy (non-hydrogen) atoms. The van der Waals surface area contributed by atoms with Crippen molar-refractivity contribution in [1.82, 2.24) is 0 Å². The summed E-state index contributed by atoms with van der Waals surface area (Å²) in [5, 5.41) is 0. The van der Waals surface area contributed by atoms with Crippen LogP contribution < -0.4 is 9.64 Å². The zero-order chi connectivity index (χ0) is 21.0. The summed E-state index contributed by atoms with van der Waals surface area (Å²) < 4.78 is 10.8. The Hall–Kier alpha value is -3.34. The number of carbonyl (C=O) groups excluding carboxylic acids is 2. The van der Waals surface area contributed by atoms with E-state index in [1.807, 2.05) is 49.4 Å². The van der Waals surface area contributed by atoms with E-state index in [4.69, 9.17) is 9.47 Å². The molecule has 0 spiro atoms. The van der Waals surface area contributed by atoms with Gasteiger partial charge < -0.3 is 14.4 Å². The largest absolute Gasteiger partial charge is 0.426 e. The lowest BCUT2D eigenvalue weighted by molar-refractivity contribution is -0.132. The average Bonchev–Trinajstić information content (AvgIpc) is 3.05. The Morgan fingerprint density at radius 3 is 2.41 bits per heavy atom. The summed E-state index contributed by atoms with van der Waals surface area (Å²) in [6.45, 7) is 9.17. The van der Waals surface area contributed by atoms with Gasteiger partial charge in [0.25, 0.3) is 0 Å². The molecule has 0 N–H and O–H groups in total. The summed E-state index contributed by atoms with van der Waals surface area (Å²) >= 11 is 0. The van der Waals surface area contributed by atoms with E-state index in [2.05, 4.69) is 18.7 Å². The standard InChI is InChI=1S/C24H25NO4/c1-5-25(6-2)21-12-11-19(23(15-21)28-17(4)26)13-20-14-22(29-24(20)27)18-9-7-16(3)8-10-18/h7-15H,5-6H2,1-4H3/b20-13+. The highest BCUT2D eigenvalue weighted by molar-refractivity contribution is 6.05. The first-order valence-electron chi connectivity index (χ1n) is 9.71. The van der Waals surface area contributed by atoms with Crippen molar-refractivity contribution in [2.75, 3.05) is 18.0 Å². The van der Waals surface area contributed by atoms with Crippen LogP contribution in [0, 0.1) is 6.92 Å². The summed E-state index contributed by atoms with van der Waals surface area (Å²) in [6, 6.07) is 13.4. The number of esters is 2. The topological polar surface area (TPSA) is 55.8 Å². The first-order chi connectivity index (χ1) is 13.9. The molecule has 0 bridgehead atoms. The molecular weight excluding hydrogens is 366 g/mol. The maximum absolute atomic E-state index is 12.4. The Kier molecular flexibility index (Phi) is 6.17. The number of carbonyl (C=O) groups is 2. The molecule has 3 rings (SSSR count). The fraction of sp³-hybridized carbons (Fsp3) is 0.250. The van der Waals surface area contributed by atoms with Gasteiger partial charge in [-0.15, -0.1) is 0 Å². The zero-order valence-electron chi connectivity index (χ0n) is 17.2. The molecule has 150 valence electrons. The number of rotatable bonds is 6. The number of benzene rings is 2. The van der Waals surface area contributed by atoms with E-state index in [9.17, 15) is 9.59 Å². The summed E-state index contributed by atoms with van der Waals surface area (Å²) in [4.78, 5) is 26.1. The smallest absolute Gasteiger partial charge is 0.343 e. The molecule has 0 fully saturated rings. The molecule has 0 radical (unpaired) electrons. The van der Waals surface area contributed by atoms with Gasteiger partial charge in [0.1, 0.15) is 11.5 Å². The van der Waals surface area contributed by atoms with Gasteiger partial charge in [-0.05, 0) is 45.1 Å². The van der Waals surface area contributed by atoms with E-state index in [0.717, 1.165) is 29.9 Å². The normalized spacial score (nSPS) is 14.6. The molecule has 2 aromatic rings. The second-order valence-electron chi connectivity index (χ2n) is 6.85. The lowest BCUT2D eigenvalue weighted by Gasteiger charge is -2.22. The molecule has 5 heteroatoms. The second kappa shape index (κ2) is 8.78. The second-order valence-corrected chi connectivity index (χ2v) is 6.85. The first-order valence-corrected chi connectivity index (χ1v) is 9.71. The van der Waals surface area contributed by atoms with Crippen molar-refractivity contribution in [1.29, 1.82) is 0 Å². The molecular formula is C24H25NO4. The van der Waals surface area contributed by atoms with Crippen LogP contribution in [0.5, 0.6) is 5.75 Å². The Bertz CT molecular complexity index is 982. The van der Waals surface area contributed by atoms with Crippen molar-refractivity contribution < 1.29 is 19.1 Å². The molecule has 0 unspecified atom stereocenters. The maximum Gasteiger partial charge on any atom is 0.343 e. The Morgan fingerprint density at radius 1 is 1.10 bits per heavy atom. The number of ether oxygens (including phenoxy) is 2. The Morgan fingerprint density at radius 2 is 1.79 bits per heavy atom. The fourth-order valence-electron chi connectivity index (χ4n) is 3.19. The van der Waals surface area contributed by atoms with Crippen LogP contribution in [0.15, 0.2) is 54.1 Å². The highest BCUT2D eigenvalue weighted by Gasteiger charge is 2.22. The van der Waals surface area contributed by atoms with Crippen molar-refractivity contribution in [2.24, 2.45) is 0 Å². The minimum atomic E-state index is -0.429. The molecule has 2 aromatic carbocycles. The third-order valence-electron chi connectivity index (χ3n) is 4.75. The first kappa shape index (κ1) is 20.4. The van der Waals surface area contributed by atoms with E-state index >= 15 is 0 Å². The average molecular weight is 391 g/mol. The number of cyclic esters (lactones) is 1. The van der Waals surface area contributed by atoms with Crippen LogP contribution in [0.3, 0.4) is 0 Å². The lowest BCUT2D eigenvalue weighted by Crippen LogP contribution is -2.21. The van der Waals surface area contributed by atoms with Gasteiger partial charge in [0.15, 0.2) is 0 Å². The van der Waals surface area contributed by atoms with Crippen molar-refractivity contribution in [3.05, 3.63) is 70.8 Å². The van der Waals surface area contributed by atoms with E-state index in [0.29, 0.717) is 22.6 Å². The van der Waals surface area contributed by atoms with Crippen LogP contribution in [-0.4, -0.2) is 25.0 Å². The summed E-state index contributed by atoms with van der Waals surface area (Å²) in [5.74, 6) is 0.0860. The van der Waals surface area contributed by atoms with Crippen molar-refractivity contribution in [2.45, 2.75) is 27.7 Å². The van der Waals surface area contributed by atoms with E-state index < -0.39 is 11.9 Å². The molecule has 5 nitrogen and oxygen atoms in total. The molecule has 0 amide bonds. The number of hydrogen-bond acceptors (Lipinski definition) is 5. The maximum atomic E-state index is 12.4. The van der Waals surface area contributed by atoms with Crippen LogP contribution in [-0.2, 0) is 14.3 Å². The predicted octanol–water partition coefficient (Wildman–Crippen LogP) is 4.75. The van der Waals surface area contributed by atoms with Gasteiger partial charge in [-0.3, -0.25) is 4.79 Å². The quantitative estimate of drug-likeness (QED) is 0.404. The van der Waals surface area contributed by atoms with Crippen LogP contribution in [0.4, 0.5) is 5.69 Å². The third kappa shape index (κ3) is 4.74. The van der Waals surface area contributed by atoms with Gasteiger partial charge in [-0.2, -0.15) is 0 Å². The van der Waals surface area contributed by atoms with Gasteiger partial charge in [-0.25, -0.2) is 4.79 Å². The van der Waals surface area contributed by atoms with Gasteiger partial charge >= 0.3 is 11.9 Å². The summed E-state index contributed by atoms with van der Waals surface area (Å²) in [7, 11) is 0. The SMILES string of the molecule is CCN(CC)c1ccc(/C=C2\C=C(c3ccc(C)cc3)OC2=O)c(OC(C)=O)c1. The van der Waals surface area contributed by atoms with Crippen molar-refractivity contribution >= 4 is 29.5 Å². The van der Waals surface area contributed by atoms with Crippen LogP contribution in [0.2, 0.25) is 0 Å². The summed E-state index contributed by atoms with van der Waals surface area (Å²) in [5.41, 5.74) is 3.98. The monoisotopic (exact) mass is 391 g/mol. The van der Waals surface area contributed by atoms with E-state index in [-0.39, 0.29) is 0 Å². The van der Waals surface area contributed by atoms with Gasteiger partial charge in [-0.1, -0.05) is 29.8 Å². The Balaban J connectivity index is 1.98. The molecule has 0 saturated heterocycles. The Labute approximate surface area is 171 Å². The number of hydrogen-bond donors (Lipinski definition) is 0. The molecule has 1 heterocycles. The molecule has 0 aromatic heterocycles. The molecule has 0 aliphatic carbocycles. The van der Waals surface area contributed by atoms with Gasteiger partial charge in [0.05, 0.1) is 5.57 Å². The highest BCUT2D eigenvalue weighted by atomic mass is 16.5. The van der Waals surface area contributed by atoms with Crippen LogP contribution >= 0.6 is 0 Å². The molecule has 0 saturated carbocycles. The van der Waals surface area contributed by atoms with Crippen molar-refractivity contribution in [3.63, 3.8) is 0 Å². The molecule has 1 aliphatic heterocycles. The van der Waals surface area contributed by atoms with Crippen molar-refractivity contribution in [3.8, 4) is 5.75 Å². The van der Waals surface area contributed by atoms with Gasteiger partial charge in [0.2, 0.25) is 0 Å². The van der Waals surface area contributed by atoms with Gasteiger partial charge in [0, 0.05) is 42.9 Å². The molecule has 0 atom stereocenters. The number of aryl methyl sites for hydroxylation is 1. The van der Waals surface area contributed by atoms with E-state index in [1.165, 1.54) is 6.92 Å².